The Morgan fingerprint density at radius 3 is 2.45 bits per heavy atom. The number of amides is 4. The average Bonchev–Trinajstić information content (AvgIpc) is 3.59. The molecule has 18 heteroatoms. The molecule has 2 saturated heterocycles. The lowest BCUT2D eigenvalue weighted by Gasteiger charge is -2.39. The van der Waals surface area contributed by atoms with E-state index in [0.717, 1.165) is 62.3 Å². The van der Waals surface area contributed by atoms with Gasteiger partial charge in [-0.2, -0.15) is 9.65 Å². The van der Waals surface area contributed by atoms with Crippen molar-refractivity contribution in [1.82, 2.24) is 35.4 Å². The highest BCUT2D eigenvalue weighted by Gasteiger charge is 2.41. The summed E-state index contributed by atoms with van der Waals surface area (Å²) in [6, 6.07) is 12.2. The zero-order valence-electron chi connectivity index (χ0n) is 33.8. The Kier molecular flexibility index (Phi) is 11.4. The summed E-state index contributed by atoms with van der Waals surface area (Å²) in [5.41, 5.74) is 4.49. The molecule has 6 heterocycles. The van der Waals surface area contributed by atoms with Gasteiger partial charge in [0.25, 0.3) is 11.8 Å². The number of fused-ring (bicyclic) bond motifs is 2. The molecule has 2 aromatic heterocycles. The summed E-state index contributed by atoms with van der Waals surface area (Å²) in [6.07, 6.45) is 5.80. The van der Waals surface area contributed by atoms with E-state index < -0.39 is 35.5 Å². The number of hydrogen-bond donors (Lipinski definition) is 3. The first-order valence-electron chi connectivity index (χ1n) is 21.0. The first-order valence-corrected chi connectivity index (χ1v) is 21.3. The number of pyridine rings is 1. The first kappa shape index (κ1) is 41.1. The van der Waals surface area contributed by atoms with Crippen LogP contribution in [0.5, 0.6) is 0 Å². The number of anilines is 4. The number of carbonyl (C=O) groups excluding carboxylic acids is 4. The molecule has 4 amide bonds. The van der Waals surface area contributed by atoms with Gasteiger partial charge in [-0.3, -0.25) is 29.4 Å². The highest BCUT2D eigenvalue weighted by Crippen LogP contribution is 2.36. The van der Waals surface area contributed by atoms with Crippen LogP contribution < -0.4 is 25.8 Å². The quantitative estimate of drug-likeness (QED) is 0.154. The minimum Gasteiger partial charge on any atom is -0.369 e. The molecule has 4 aromatic rings. The SMILES string of the molecule is N#Cc1ccc(N2CCc3c(ncnc3Nc3ccc(C(=O)N[C@H]4CC[C@H](CN5CCN(c6cc(F)cc7c6CN(C6CCC(=O)NC6=O)C7=O)CC5)CC4)c(F)n3)C2)cc1Cl. The van der Waals surface area contributed by atoms with Crippen molar-refractivity contribution in [2.45, 2.75) is 70.1 Å². The lowest BCUT2D eigenvalue weighted by molar-refractivity contribution is -0.136. The van der Waals surface area contributed by atoms with E-state index in [1.807, 2.05) is 6.07 Å². The van der Waals surface area contributed by atoms with Crippen LogP contribution in [0.2, 0.25) is 5.02 Å². The van der Waals surface area contributed by atoms with E-state index >= 15 is 4.39 Å². The van der Waals surface area contributed by atoms with Crippen LogP contribution in [0.15, 0.2) is 48.8 Å². The average molecular weight is 864 g/mol. The Labute approximate surface area is 361 Å². The van der Waals surface area contributed by atoms with Crippen molar-refractivity contribution in [3.8, 4) is 6.07 Å². The van der Waals surface area contributed by atoms with E-state index in [2.05, 4.69) is 51.7 Å². The second-order valence-electron chi connectivity index (χ2n) is 16.6. The maximum absolute atomic E-state index is 15.4. The van der Waals surface area contributed by atoms with Gasteiger partial charge in [-0.1, -0.05) is 11.6 Å². The van der Waals surface area contributed by atoms with Crippen LogP contribution in [-0.2, 0) is 29.1 Å². The minimum absolute atomic E-state index is 0.0854. The maximum Gasteiger partial charge on any atom is 0.256 e. The van der Waals surface area contributed by atoms with Crippen LogP contribution in [0.25, 0.3) is 0 Å². The van der Waals surface area contributed by atoms with Gasteiger partial charge in [0.15, 0.2) is 0 Å². The van der Waals surface area contributed by atoms with E-state index in [0.29, 0.717) is 66.2 Å². The third-order valence-electron chi connectivity index (χ3n) is 12.8. The van der Waals surface area contributed by atoms with E-state index in [9.17, 15) is 28.8 Å². The number of piperazine rings is 1. The summed E-state index contributed by atoms with van der Waals surface area (Å²) < 4.78 is 30.2. The Morgan fingerprint density at radius 1 is 0.903 bits per heavy atom. The Bertz CT molecular complexity index is 2500. The van der Waals surface area contributed by atoms with Crippen molar-refractivity contribution in [2.24, 2.45) is 5.92 Å². The third-order valence-corrected chi connectivity index (χ3v) is 13.1. The maximum atomic E-state index is 15.4. The predicted octanol–water partition coefficient (Wildman–Crippen LogP) is 4.85. The molecule has 1 saturated carbocycles. The normalized spacial score (nSPS) is 21.5. The molecular formula is C44H44ClF2N11O4. The molecule has 3 N–H and O–H groups in total. The van der Waals surface area contributed by atoms with Crippen LogP contribution in [0.3, 0.4) is 0 Å². The minimum atomic E-state index is -0.881. The van der Waals surface area contributed by atoms with Gasteiger partial charge >= 0.3 is 0 Å². The van der Waals surface area contributed by atoms with Crippen molar-refractivity contribution >= 4 is 58.2 Å². The fourth-order valence-electron chi connectivity index (χ4n) is 9.45. The molecule has 1 aliphatic carbocycles. The number of nitrogens with zero attached hydrogens (tertiary/aromatic N) is 8. The summed E-state index contributed by atoms with van der Waals surface area (Å²) in [6.45, 7) is 5.06. The molecule has 9 rings (SSSR count). The highest BCUT2D eigenvalue weighted by molar-refractivity contribution is 6.32. The van der Waals surface area contributed by atoms with Gasteiger partial charge in [-0.25, -0.2) is 19.3 Å². The Hall–Kier alpha value is -6.25. The van der Waals surface area contributed by atoms with Gasteiger partial charge in [0.2, 0.25) is 17.8 Å². The molecule has 4 aliphatic heterocycles. The van der Waals surface area contributed by atoms with Crippen molar-refractivity contribution < 1.29 is 28.0 Å². The molecule has 3 fully saturated rings. The van der Waals surface area contributed by atoms with Gasteiger partial charge in [0.1, 0.15) is 35.9 Å². The topological polar surface area (TPSA) is 180 Å². The number of rotatable bonds is 9. The third kappa shape index (κ3) is 8.36. The summed E-state index contributed by atoms with van der Waals surface area (Å²) >= 11 is 6.27. The smallest absolute Gasteiger partial charge is 0.256 e. The Balaban J connectivity index is 0.741. The van der Waals surface area contributed by atoms with E-state index in [1.165, 1.54) is 29.4 Å². The predicted molar refractivity (Wildman–Crippen MR) is 225 cm³/mol. The van der Waals surface area contributed by atoms with Crippen LogP contribution in [-0.4, -0.2) is 99.7 Å². The number of benzene rings is 2. The Morgan fingerprint density at radius 2 is 1.71 bits per heavy atom. The zero-order chi connectivity index (χ0) is 43.1. The lowest BCUT2D eigenvalue weighted by atomic mass is 9.85. The fourth-order valence-corrected chi connectivity index (χ4v) is 9.66. The highest BCUT2D eigenvalue weighted by atomic mass is 35.5. The van der Waals surface area contributed by atoms with E-state index in [4.69, 9.17) is 11.6 Å². The largest absolute Gasteiger partial charge is 0.369 e. The van der Waals surface area contributed by atoms with Gasteiger partial charge in [0.05, 0.1) is 28.4 Å². The van der Waals surface area contributed by atoms with Crippen LogP contribution in [0, 0.1) is 29.0 Å². The molecule has 62 heavy (non-hydrogen) atoms. The summed E-state index contributed by atoms with van der Waals surface area (Å²) in [7, 11) is 0. The second-order valence-corrected chi connectivity index (χ2v) is 17.0. The molecular weight excluding hydrogens is 820 g/mol. The molecule has 0 spiro atoms. The lowest BCUT2D eigenvalue weighted by Crippen LogP contribution is -2.52. The number of aromatic nitrogens is 3. The fraction of sp³-hybridized carbons (Fsp3) is 0.409. The van der Waals surface area contributed by atoms with E-state index in [-0.39, 0.29) is 48.3 Å². The molecule has 2 aromatic carbocycles. The number of piperidine rings is 1. The van der Waals surface area contributed by atoms with Crippen molar-refractivity contribution in [2.75, 3.05) is 54.4 Å². The van der Waals surface area contributed by atoms with E-state index in [1.54, 1.807) is 18.2 Å². The van der Waals surface area contributed by atoms with Crippen molar-refractivity contribution in [3.63, 3.8) is 0 Å². The van der Waals surface area contributed by atoms with Gasteiger partial charge in [-0.05, 0) is 86.9 Å². The van der Waals surface area contributed by atoms with Gasteiger partial charge < -0.3 is 25.3 Å². The van der Waals surface area contributed by atoms with Crippen molar-refractivity contribution in [1.29, 1.82) is 5.26 Å². The zero-order valence-corrected chi connectivity index (χ0v) is 34.6. The van der Waals surface area contributed by atoms with Crippen molar-refractivity contribution in [3.05, 3.63) is 99.1 Å². The molecule has 1 unspecified atom stereocenters. The number of halogens is 3. The number of hydrogen-bond acceptors (Lipinski definition) is 12. The van der Waals surface area contributed by atoms with Gasteiger partial charge in [0, 0.05) is 86.3 Å². The van der Waals surface area contributed by atoms with Gasteiger partial charge in [-0.15, -0.1) is 0 Å². The summed E-state index contributed by atoms with van der Waals surface area (Å²) in [5.74, 6) is -1.98. The van der Waals surface area contributed by atoms with Crippen LogP contribution >= 0.6 is 11.6 Å². The standard InChI is InChI=1S/C44H44ClF2N11O4/c45-34-19-29(6-3-26(34)20-48)57-12-11-30-35(23-57)49-24-50-41(30)53-38-9-7-31(40(47)52-38)42(60)51-28-4-1-25(2-5-28)21-55-13-15-56(16-14-55)37-18-27(46)17-32-33(37)22-58(44(32)62)36-8-10-39(59)54-43(36)61/h3,6-7,9,17-19,24-25,28,36H,1-2,4-5,8,10-16,21-23H2,(H,51,60)(H,54,59,61)(H,49,50,52,53)/t25-,28-,36?. The van der Waals surface area contributed by atoms with Crippen LogP contribution in [0.4, 0.5) is 31.8 Å². The number of carbonyl (C=O) groups is 4. The monoisotopic (exact) mass is 863 g/mol. The number of imide groups is 1. The molecule has 15 nitrogen and oxygen atoms in total. The number of nitrogens with one attached hydrogen (secondary N) is 3. The molecule has 320 valence electrons. The molecule has 5 aliphatic rings. The summed E-state index contributed by atoms with van der Waals surface area (Å²) in [4.78, 5) is 71.8. The summed E-state index contributed by atoms with van der Waals surface area (Å²) in [5, 5.41) is 18.0. The number of nitriles is 1. The molecule has 0 radical (unpaired) electrons. The molecule has 1 atom stereocenters. The second kappa shape index (κ2) is 17.3. The molecule has 0 bridgehead atoms. The van der Waals surface area contributed by atoms with Crippen LogP contribution in [0.1, 0.15) is 81.6 Å². The first-order chi connectivity index (χ1) is 30.0.